The first-order chi connectivity index (χ1) is 14.1. The predicted octanol–water partition coefficient (Wildman–Crippen LogP) is 3.58. The number of hydrogen-bond donors (Lipinski definition) is 1. The largest absolute Gasteiger partial charge is 0.490 e. The fourth-order valence-corrected chi connectivity index (χ4v) is 2.92. The molecule has 2 aromatic carbocycles. The molecule has 0 aliphatic carbocycles. The zero-order valence-corrected chi connectivity index (χ0v) is 17.7. The number of hydrogen-bond acceptors (Lipinski definition) is 6. The second-order valence-corrected chi connectivity index (χ2v) is 7.40. The van der Waals surface area contributed by atoms with E-state index in [1.807, 2.05) is 24.5 Å². The van der Waals surface area contributed by atoms with Gasteiger partial charge in [-0.15, -0.1) is 0 Å². The lowest BCUT2D eigenvalue weighted by atomic mass is 10.2. The van der Waals surface area contributed by atoms with Crippen LogP contribution in [0.15, 0.2) is 54.6 Å². The van der Waals surface area contributed by atoms with E-state index in [1.54, 1.807) is 48.2 Å². The Labute approximate surface area is 179 Å². The van der Waals surface area contributed by atoms with Gasteiger partial charge in [0.1, 0.15) is 30.8 Å². The van der Waals surface area contributed by atoms with Gasteiger partial charge in [-0.1, -0.05) is 29.8 Å². The summed E-state index contributed by atoms with van der Waals surface area (Å²) in [6, 6.07) is 15.2. The highest BCUT2D eigenvalue weighted by Gasteiger charge is 2.22. The molecule has 0 aromatic heterocycles. The van der Waals surface area contributed by atoms with Gasteiger partial charge in [0.05, 0.1) is 0 Å². The van der Waals surface area contributed by atoms with Crippen molar-refractivity contribution in [3.8, 4) is 11.5 Å². The van der Waals surface area contributed by atoms with Crippen LogP contribution in [-0.4, -0.2) is 49.7 Å². The summed E-state index contributed by atoms with van der Waals surface area (Å²) in [5.41, 5.74) is 0. The van der Waals surface area contributed by atoms with Gasteiger partial charge in [0, 0.05) is 5.02 Å². The van der Waals surface area contributed by atoms with Crippen LogP contribution >= 0.6 is 23.4 Å². The lowest BCUT2D eigenvalue weighted by Gasteiger charge is -2.17. The van der Waals surface area contributed by atoms with Gasteiger partial charge < -0.3 is 19.5 Å². The third-order valence-corrected chi connectivity index (χ3v) is 4.65. The average molecular weight is 438 g/mol. The van der Waals surface area contributed by atoms with Crippen molar-refractivity contribution in [3.05, 3.63) is 59.6 Å². The van der Waals surface area contributed by atoms with E-state index >= 15 is 0 Å². The maximum atomic E-state index is 12.4. The van der Waals surface area contributed by atoms with Crippen LogP contribution in [0.1, 0.15) is 6.42 Å². The maximum Gasteiger partial charge on any atom is 0.328 e. The van der Waals surface area contributed by atoms with Crippen LogP contribution in [-0.2, 0) is 14.3 Å². The fraction of sp³-hybridized carbons (Fsp3) is 0.333. The summed E-state index contributed by atoms with van der Waals surface area (Å²) in [4.78, 5) is 24.5. The lowest BCUT2D eigenvalue weighted by Crippen LogP contribution is -2.44. The number of halogens is 1. The third-order valence-electron chi connectivity index (χ3n) is 3.75. The molecule has 0 saturated carbocycles. The van der Waals surface area contributed by atoms with E-state index in [2.05, 4.69) is 5.32 Å². The molecule has 8 heteroatoms. The molecule has 156 valence electrons. The lowest BCUT2D eigenvalue weighted by molar-refractivity contribution is -0.148. The van der Waals surface area contributed by atoms with Gasteiger partial charge >= 0.3 is 5.97 Å². The first kappa shape index (κ1) is 22.9. The Morgan fingerprint density at radius 3 is 2.38 bits per heavy atom. The molecule has 0 heterocycles. The van der Waals surface area contributed by atoms with Crippen molar-refractivity contribution < 1.29 is 23.8 Å². The average Bonchev–Trinajstić information content (AvgIpc) is 2.74. The van der Waals surface area contributed by atoms with E-state index in [4.69, 9.17) is 25.8 Å². The number of carbonyl (C=O) groups is 2. The van der Waals surface area contributed by atoms with E-state index in [0.29, 0.717) is 28.7 Å². The van der Waals surface area contributed by atoms with Gasteiger partial charge in [-0.2, -0.15) is 11.8 Å². The number of para-hydroxylation sites is 1. The van der Waals surface area contributed by atoms with Crippen LogP contribution in [0, 0.1) is 0 Å². The Kier molecular flexibility index (Phi) is 10.2. The Morgan fingerprint density at radius 1 is 1.00 bits per heavy atom. The third kappa shape index (κ3) is 9.11. The van der Waals surface area contributed by atoms with Gasteiger partial charge in [-0.05, 0) is 54.8 Å². The molecule has 6 nitrogen and oxygen atoms in total. The molecule has 1 N–H and O–H groups in total. The molecule has 0 aliphatic heterocycles. The summed E-state index contributed by atoms with van der Waals surface area (Å²) in [6.07, 6.45) is 2.40. The van der Waals surface area contributed by atoms with Crippen molar-refractivity contribution in [3.63, 3.8) is 0 Å². The number of benzene rings is 2. The highest BCUT2D eigenvalue weighted by Crippen LogP contribution is 2.15. The van der Waals surface area contributed by atoms with Crippen LogP contribution in [0.2, 0.25) is 5.02 Å². The second-order valence-electron chi connectivity index (χ2n) is 5.97. The molecule has 0 radical (unpaired) electrons. The predicted molar refractivity (Wildman–Crippen MR) is 115 cm³/mol. The molecular weight excluding hydrogens is 414 g/mol. The van der Waals surface area contributed by atoms with Crippen molar-refractivity contribution in [1.29, 1.82) is 0 Å². The number of ether oxygens (including phenoxy) is 3. The molecule has 0 aliphatic rings. The topological polar surface area (TPSA) is 73.9 Å². The van der Waals surface area contributed by atoms with Crippen LogP contribution < -0.4 is 14.8 Å². The Bertz CT molecular complexity index is 757. The summed E-state index contributed by atoms with van der Waals surface area (Å²) in [7, 11) is 0. The summed E-state index contributed by atoms with van der Waals surface area (Å²) >= 11 is 7.41. The second kappa shape index (κ2) is 13.0. The number of thioether (sulfide) groups is 1. The molecule has 0 spiro atoms. The number of nitrogens with one attached hydrogen (secondary N) is 1. The maximum absolute atomic E-state index is 12.4. The molecule has 29 heavy (non-hydrogen) atoms. The van der Waals surface area contributed by atoms with Crippen LogP contribution in [0.25, 0.3) is 0 Å². The molecule has 0 fully saturated rings. The van der Waals surface area contributed by atoms with Crippen molar-refractivity contribution in [2.24, 2.45) is 0 Å². The Hall–Kier alpha value is -2.38. The van der Waals surface area contributed by atoms with E-state index in [1.165, 1.54) is 0 Å². The Balaban J connectivity index is 1.75. The van der Waals surface area contributed by atoms with Gasteiger partial charge in [0.2, 0.25) is 0 Å². The van der Waals surface area contributed by atoms with Crippen molar-refractivity contribution in [2.75, 3.05) is 31.8 Å². The zero-order chi connectivity index (χ0) is 20.9. The minimum absolute atomic E-state index is 0.0770. The van der Waals surface area contributed by atoms with Crippen LogP contribution in [0.3, 0.4) is 0 Å². The van der Waals surface area contributed by atoms with Crippen LogP contribution in [0.5, 0.6) is 11.5 Å². The first-order valence-corrected chi connectivity index (χ1v) is 10.9. The highest BCUT2D eigenvalue weighted by molar-refractivity contribution is 7.98. The summed E-state index contributed by atoms with van der Waals surface area (Å²) in [5.74, 6) is 1.06. The quantitative estimate of drug-likeness (QED) is 0.404. The van der Waals surface area contributed by atoms with Gasteiger partial charge in [0.15, 0.2) is 6.61 Å². The molecule has 1 amide bonds. The van der Waals surface area contributed by atoms with E-state index < -0.39 is 12.0 Å². The molecule has 1 atom stereocenters. The molecule has 0 bridgehead atoms. The SMILES string of the molecule is CSCCC(NC(=O)COc1ccccc1)C(=O)OCCOc1ccc(Cl)cc1. The molecular formula is C21H24ClNO5S. The normalized spacial score (nSPS) is 11.4. The molecule has 0 saturated heterocycles. The molecule has 1 unspecified atom stereocenters. The smallest absolute Gasteiger partial charge is 0.328 e. The summed E-state index contributed by atoms with van der Waals surface area (Å²) in [5, 5.41) is 3.30. The minimum atomic E-state index is -0.732. The molecule has 2 aromatic rings. The van der Waals surface area contributed by atoms with E-state index in [-0.39, 0.29) is 25.7 Å². The fourth-order valence-electron chi connectivity index (χ4n) is 2.32. The van der Waals surface area contributed by atoms with Crippen molar-refractivity contribution in [1.82, 2.24) is 5.32 Å². The number of carbonyl (C=O) groups excluding carboxylic acids is 2. The standard InChI is InChI=1S/C21H24ClNO5S/c1-29-14-11-19(23-20(24)15-28-17-5-3-2-4-6-17)21(25)27-13-12-26-18-9-7-16(22)8-10-18/h2-10,19H,11-15H2,1H3,(H,23,24). The Morgan fingerprint density at radius 2 is 1.69 bits per heavy atom. The number of amides is 1. The minimum Gasteiger partial charge on any atom is -0.490 e. The van der Waals surface area contributed by atoms with E-state index in [0.717, 1.165) is 0 Å². The highest BCUT2D eigenvalue weighted by atomic mass is 35.5. The van der Waals surface area contributed by atoms with Crippen LogP contribution in [0.4, 0.5) is 0 Å². The number of esters is 1. The van der Waals surface area contributed by atoms with E-state index in [9.17, 15) is 9.59 Å². The zero-order valence-electron chi connectivity index (χ0n) is 16.1. The first-order valence-electron chi connectivity index (χ1n) is 9.09. The van der Waals surface area contributed by atoms with Gasteiger partial charge in [-0.3, -0.25) is 4.79 Å². The number of rotatable bonds is 12. The summed E-state index contributed by atoms with van der Waals surface area (Å²) < 4.78 is 16.2. The van der Waals surface area contributed by atoms with Crippen molar-refractivity contribution in [2.45, 2.75) is 12.5 Å². The van der Waals surface area contributed by atoms with Gasteiger partial charge in [0.25, 0.3) is 5.91 Å². The summed E-state index contributed by atoms with van der Waals surface area (Å²) in [6.45, 7) is 0.105. The van der Waals surface area contributed by atoms with Gasteiger partial charge in [-0.25, -0.2) is 4.79 Å². The van der Waals surface area contributed by atoms with Crippen molar-refractivity contribution >= 4 is 35.2 Å². The molecule has 2 rings (SSSR count). The monoisotopic (exact) mass is 437 g/mol.